The molecule has 0 aromatic carbocycles. The Bertz CT molecular complexity index is 362. The Balaban J connectivity index is 1.73. The molecule has 0 spiro atoms. The fourth-order valence-electron chi connectivity index (χ4n) is 3.73. The molecule has 0 unspecified atom stereocenters. The van der Waals surface area contributed by atoms with Crippen molar-refractivity contribution in [2.45, 2.75) is 83.7 Å². The average Bonchev–Trinajstić information content (AvgIpc) is 2.50. The van der Waals surface area contributed by atoms with Gasteiger partial charge in [0.25, 0.3) is 0 Å². The van der Waals surface area contributed by atoms with E-state index in [4.69, 9.17) is 0 Å². The van der Waals surface area contributed by atoms with Crippen molar-refractivity contribution in [3.05, 3.63) is 0 Å². The number of hydrogen-bond donors (Lipinski definition) is 2. The topological polar surface area (TPSA) is 58.2 Å². The molecular weight excluding hydrogens is 264 g/mol. The highest BCUT2D eigenvalue weighted by atomic mass is 16.2. The van der Waals surface area contributed by atoms with Gasteiger partial charge in [0.1, 0.15) is 0 Å². The van der Waals surface area contributed by atoms with Crippen LogP contribution in [-0.4, -0.2) is 23.9 Å². The highest BCUT2D eigenvalue weighted by molar-refractivity contribution is 6.35. The smallest absolute Gasteiger partial charge is 0.309 e. The molecule has 4 nitrogen and oxygen atoms in total. The normalized spacial score (nSPS) is 33.2. The molecule has 2 rings (SSSR count). The van der Waals surface area contributed by atoms with Gasteiger partial charge in [0.2, 0.25) is 0 Å². The molecule has 0 aliphatic heterocycles. The predicted molar refractivity (Wildman–Crippen MR) is 83.7 cm³/mol. The molecule has 2 aliphatic carbocycles. The SMILES string of the molecule is CCC1CCC(NC(=O)C(=O)N[C@H]2CCCC[C@@H]2C)CC1. The molecular formula is C17H30N2O2. The molecule has 0 radical (unpaired) electrons. The van der Waals surface area contributed by atoms with Gasteiger partial charge >= 0.3 is 11.8 Å². The van der Waals surface area contributed by atoms with E-state index in [1.807, 2.05) is 0 Å². The van der Waals surface area contributed by atoms with Gasteiger partial charge in [-0.2, -0.15) is 0 Å². The van der Waals surface area contributed by atoms with Crippen molar-refractivity contribution in [3.8, 4) is 0 Å². The maximum absolute atomic E-state index is 12.0. The summed E-state index contributed by atoms with van der Waals surface area (Å²) >= 11 is 0. The minimum atomic E-state index is -0.439. The van der Waals surface area contributed by atoms with Crippen molar-refractivity contribution in [2.24, 2.45) is 11.8 Å². The van der Waals surface area contributed by atoms with Crippen LogP contribution in [0.15, 0.2) is 0 Å². The van der Waals surface area contributed by atoms with Crippen LogP contribution in [0, 0.1) is 11.8 Å². The predicted octanol–water partition coefficient (Wildman–Crippen LogP) is 2.77. The van der Waals surface area contributed by atoms with E-state index in [-0.39, 0.29) is 12.1 Å². The van der Waals surface area contributed by atoms with Crippen LogP contribution in [0.5, 0.6) is 0 Å². The Hall–Kier alpha value is -1.06. The minimum absolute atomic E-state index is 0.174. The summed E-state index contributed by atoms with van der Waals surface area (Å²) in [6.45, 7) is 4.39. The summed E-state index contributed by atoms with van der Waals surface area (Å²) in [5.74, 6) is 0.407. The maximum Gasteiger partial charge on any atom is 0.309 e. The van der Waals surface area contributed by atoms with E-state index in [0.29, 0.717) is 5.92 Å². The molecule has 0 bridgehead atoms. The zero-order valence-electron chi connectivity index (χ0n) is 13.5. The van der Waals surface area contributed by atoms with Crippen molar-refractivity contribution in [3.63, 3.8) is 0 Å². The monoisotopic (exact) mass is 294 g/mol. The molecule has 120 valence electrons. The van der Waals surface area contributed by atoms with E-state index in [1.54, 1.807) is 0 Å². The lowest BCUT2D eigenvalue weighted by molar-refractivity contribution is -0.140. The first-order valence-electron chi connectivity index (χ1n) is 8.71. The largest absolute Gasteiger partial charge is 0.345 e. The van der Waals surface area contributed by atoms with Crippen LogP contribution >= 0.6 is 0 Å². The van der Waals surface area contributed by atoms with Crippen LogP contribution < -0.4 is 10.6 Å². The summed E-state index contributed by atoms with van der Waals surface area (Å²) in [7, 11) is 0. The van der Waals surface area contributed by atoms with Gasteiger partial charge in [0.15, 0.2) is 0 Å². The van der Waals surface area contributed by atoms with Crippen LogP contribution in [0.1, 0.15) is 71.6 Å². The molecule has 2 atom stereocenters. The Kier molecular flexibility index (Phi) is 6.07. The quantitative estimate of drug-likeness (QED) is 0.786. The molecule has 2 fully saturated rings. The van der Waals surface area contributed by atoms with E-state index in [0.717, 1.165) is 38.0 Å². The van der Waals surface area contributed by atoms with E-state index < -0.39 is 11.8 Å². The maximum atomic E-state index is 12.0. The van der Waals surface area contributed by atoms with Gasteiger partial charge in [0, 0.05) is 12.1 Å². The van der Waals surface area contributed by atoms with Crippen molar-refractivity contribution >= 4 is 11.8 Å². The second-order valence-corrected chi connectivity index (χ2v) is 6.94. The molecule has 0 aromatic rings. The molecule has 21 heavy (non-hydrogen) atoms. The number of amides is 2. The number of hydrogen-bond acceptors (Lipinski definition) is 2. The fraction of sp³-hybridized carbons (Fsp3) is 0.882. The first kappa shape index (κ1) is 16.3. The van der Waals surface area contributed by atoms with Crippen LogP contribution in [-0.2, 0) is 9.59 Å². The van der Waals surface area contributed by atoms with Crippen LogP contribution in [0.25, 0.3) is 0 Å². The highest BCUT2D eigenvalue weighted by Crippen LogP contribution is 2.26. The van der Waals surface area contributed by atoms with Crippen molar-refractivity contribution in [2.75, 3.05) is 0 Å². The van der Waals surface area contributed by atoms with Gasteiger partial charge in [-0.3, -0.25) is 9.59 Å². The highest BCUT2D eigenvalue weighted by Gasteiger charge is 2.27. The molecule has 0 heterocycles. The molecule has 4 heteroatoms. The van der Waals surface area contributed by atoms with Crippen molar-refractivity contribution < 1.29 is 9.59 Å². The zero-order valence-corrected chi connectivity index (χ0v) is 13.5. The fourth-order valence-corrected chi connectivity index (χ4v) is 3.73. The summed E-state index contributed by atoms with van der Waals surface area (Å²) in [5, 5.41) is 5.84. The third-order valence-electron chi connectivity index (χ3n) is 5.39. The van der Waals surface area contributed by atoms with Gasteiger partial charge in [-0.05, 0) is 50.4 Å². The third-order valence-corrected chi connectivity index (χ3v) is 5.39. The van der Waals surface area contributed by atoms with Gasteiger partial charge in [-0.15, -0.1) is 0 Å². The lowest BCUT2D eigenvalue weighted by atomic mass is 9.84. The Morgan fingerprint density at radius 1 is 0.905 bits per heavy atom. The number of rotatable bonds is 3. The van der Waals surface area contributed by atoms with E-state index in [1.165, 1.54) is 25.7 Å². The number of nitrogens with one attached hydrogen (secondary N) is 2. The van der Waals surface area contributed by atoms with Crippen LogP contribution in [0.4, 0.5) is 0 Å². The molecule has 0 saturated heterocycles. The molecule has 2 saturated carbocycles. The Morgan fingerprint density at radius 2 is 1.52 bits per heavy atom. The van der Waals surface area contributed by atoms with E-state index in [9.17, 15) is 9.59 Å². The third kappa shape index (κ3) is 4.72. The van der Waals surface area contributed by atoms with Crippen LogP contribution in [0.3, 0.4) is 0 Å². The van der Waals surface area contributed by atoms with Gasteiger partial charge < -0.3 is 10.6 Å². The summed E-state index contributed by atoms with van der Waals surface area (Å²) < 4.78 is 0. The molecule has 2 amide bonds. The lowest BCUT2D eigenvalue weighted by Crippen LogP contribution is -2.50. The summed E-state index contributed by atoms with van der Waals surface area (Å²) in [5.41, 5.74) is 0. The Labute approximate surface area is 128 Å². The lowest BCUT2D eigenvalue weighted by Gasteiger charge is -2.30. The standard InChI is InChI=1S/C17H30N2O2/c1-3-13-8-10-14(11-9-13)18-16(20)17(21)19-15-7-5-4-6-12(15)2/h12-15H,3-11H2,1-2H3,(H,18,20)(H,19,21)/t12-,13?,14?,15-/m0/s1. The van der Waals surface area contributed by atoms with Crippen molar-refractivity contribution in [1.29, 1.82) is 0 Å². The second kappa shape index (κ2) is 7.81. The van der Waals surface area contributed by atoms with Gasteiger partial charge in [0.05, 0.1) is 0 Å². The second-order valence-electron chi connectivity index (χ2n) is 6.94. The average molecular weight is 294 g/mol. The number of carbonyl (C=O) groups is 2. The van der Waals surface area contributed by atoms with E-state index >= 15 is 0 Å². The van der Waals surface area contributed by atoms with Crippen LogP contribution in [0.2, 0.25) is 0 Å². The first-order chi connectivity index (χ1) is 10.1. The molecule has 0 aromatic heterocycles. The van der Waals surface area contributed by atoms with Gasteiger partial charge in [-0.1, -0.05) is 33.1 Å². The zero-order chi connectivity index (χ0) is 15.2. The minimum Gasteiger partial charge on any atom is -0.345 e. The molecule has 2 N–H and O–H groups in total. The Morgan fingerprint density at radius 3 is 2.14 bits per heavy atom. The molecule has 2 aliphatic rings. The van der Waals surface area contributed by atoms with Crippen molar-refractivity contribution in [1.82, 2.24) is 10.6 Å². The van der Waals surface area contributed by atoms with E-state index in [2.05, 4.69) is 24.5 Å². The van der Waals surface area contributed by atoms with Gasteiger partial charge in [-0.25, -0.2) is 0 Å². The summed E-state index contributed by atoms with van der Waals surface area (Å²) in [4.78, 5) is 24.0. The summed E-state index contributed by atoms with van der Waals surface area (Å²) in [6, 6.07) is 0.364. The number of carbonyl (C=O) groups excluding carboxylic acids is 2. The first-order valence-corrected chi connectivity index (χ1v) is 8.71. The summed E-state index contributed by atoms with van der Waals surface area (Å²) in [6.07, 6.45) is 10.1.